The van der Waals surface area contributed by atoms with Gasteiger partial charge in [0.2, 0.25) is 0 Å². The quantitative estimate of drug-likeness (QED) is 0.888. The average Bonchev–Trinajstić information content (AvgIpc) is 2.66. The molecule has 6 heteroatoms. The van der Waals surface area contributed by atoms with E-state index in [4.69, 9.17) is 9.47 Å². The Balaban J connectivity index is 1.60. The topological polar surface area (TPSA) is 50.8 Å². The molecule has 2 aromatic rings. The molecule has 0 aromatic heterocycles. The predicted octanol–water partition coefficient (Wildman–Crippen LogP) is 3.64. The number of fused-ring (bicyclic) bond motifs is 1. The molecule has 0 fully saturated rings. The first-order valence-corrected chi connectivity index (χ1v) is 8.73. The molecule has 0 saturated carbocycles. The highest BCUT2D eigenvalue weighted by Gasteiger charge is 2.15. The maximum Gasteiger partial charge on any atom is 0.317 e. The third-order valence-corrected chi connectivity index (χ3v) is 4.33. The SMILES string of the molecule is CCN(Cc1ccc2c(c1)OCCO2)C(=O)NCc1ccc(C)c(F)c1. The van der Waals surface area contributed by atoms with Crippen molar-refractivity contribution >= 4 is 6.03 Å². The number of halogens is 1. The molecule has 3 rings (SSSR count). The summed E-state index contributed by atoms with van der Waals surface area (Å²) in [4.78, 5) is 14.1. The number of ether oxygens (including phenoxy) is 2. The molecule has 0 radical (unpaired) electrons. The van der Waals surface area contributed by atoms with Crippen LogP contribution in [0.3, 0.4) is 0 Å². The van der Waals surface area contributed by atoms with Crippen molar-refractivity contribution in [1.29, 1.82) is 0 Å². The fourth-order valence-corrected chi connectivity index (χ4v) is 2.77. The van der Waals surface area contributed by atoms with Crippen molar-refractivity contribution in [2.45, 2.75) is 26.9 Å². The summed E-state index contributed by atoms with van der Waals surface area (Å²) in [5.41, 5.74) is 2.29. The average molecular weight is 358 g/mol. The van der Waals surface area contributed by atoms with Crippen LogP contribution in [0.4, 0.5) is 9.18 Å². The van der Waals surface area contributed by atoms with E-state index in [1.54, 1.807) is 17.9 Å². The van der Waals surface area contributed by atoms with E-state index in [9.17, 15) is 9.18 Å². The van der Waals surface area contributed by atoms with E-state index < -0.39 is 0 Å². The molecule has 5 nitrogen and oxygen atoms in total. The van der Waals surface area contributed by atoms with Crippen molar-refractivity contribution in [3.63, 3.8) is 0 Å². The van der Waals surface area contributed by atoms with E-state index in [1.807, 2.05) is 31.2 Å². The maximum atomic E-state index is 13.6. The Labute approximate surface area is 152 Å². The standard InChI is InChI=1S/C20H23FN2O3/c1-3-23(13-16-6-7-18-19(11-16)26-9-8-25-18)20(24)22-12-15-5-4-14(2)17(21)10-15/h4-7,10-11H,3,8-9,12-13H2,1-2H3,(H,22,24). The smallest absolute Gasteiger partial charge is 0.317 e. The Morgan fingerprint density at radius 1 is 1.12 bits per heavy atom. The second-order valence-electron chi connectivity index (χ2n) is 6.23. The summed E-state index contributed by atoms with van der Waals surface area (Å²) >= 11 is 0. The summed E-state index contributed by atoms with van der Waals surface area (Å²) in [6, 6.07) is 10.5. The van der Waals surface area contributed by atoms with Crippen LogP contribution < -0.4 is 14.8 Å². The molecule has 0 bridgehead atoms. The van der Waals surface area contributed by atoms with Gasteiger partial charge in [-0.2, -0.15) is 0 Å². The number of aryl methyl sites for hydroxylation is 1. The van der Waals surface area contributed by atoms with Crippen LogP contribution in [0.1, 0.15) is 23.6 Å². The van der Waals surface area contributed by atoms with E-state index in [0.29, 0.717) is 37.6 Å². The number of nitrogens with zero attached hydrogens (tertiary/aromatic N) is 1. The molecule has 0 spiro atoms. The number of urea groups is 1. The molecule has 1 heterocycles. The molecule has 2 aromatic carbocycles. The minimum absolute atomic E-state index is 0.191. The molecular formula is C20H23FN2O3. The van der Waals surface area contributed by atoms with Crippen molar-refractivity contribution in [1.82, 2.24) is 10.2 Å². The van der Waals surface area contributed by atoms with Gasteiger partial charge in [0.05, 0.1) is 0 Å². The number of hydrogen-bond acceptors (Lipinski definition) is 3. The van der Waals surface area contributed by atoms with Gasteiger partial charge in [-0.05, 0) is 48.7 Å². The first kappa shape index (κ1) is 18.0. The summed E-state index contributed by atoms with van der Waals surface area (Å²) in [7, 11) is 0. The van der Waals surface area contributed by atoms with Crippen LogP contribution in [0.5, 0.6) is 11.5 Å². The number of nitrogens with one attached hydrogen (secondary N) is 1. The minimum atomic E-state index is -0.264. The zero-order valence-corrected chi connectivity index (χ0v) is 15.0. The van der Waals surface area contributed by atoms with Gasteiger partial charge in [-0.15, -0.1) is 0 Å². The monoisotopic (exact) mass is 358 g/mol. The van der Waals surface area contributed by atoms with E-state index in [2.05, 4.69) is 5.32 Å². The van der Waals surface area contributed by atoms with Crippen molar-refractivity contribution in [2.75, 3.05) is 19.8 Å². The Bertz CT molecular complexity index is 795. The van der Waals surface area contributed by atoms with Gasteiger partial charge in [0, 0.05) is 19.6 Å². The zero-order valence-electron chi connectivity index (χ0n) is 15.0. The molecule has 0 aliphatic carbocycles. The normalized spacial score (nSPS) is 12.6. The lowest BCUT2D eigenvalue weighted by Crippen LogP contribution is -2.39. The number of carbonyl (C=O) groups is 1. The van der Waals surface area contributed by atoms with Gasteiger partial charge in [0.1, 0.15) is 19.0 Å². The van der Waals surface area contributed by atoms with Crippen LogP contribution in [0.2, 0.25) is 0 Å². The van der Waals surface area contributed by atoms with Crippen LogP contribution in [0, 0.1) is 12.7 Å². The highest BCUT2D eigenvalue weighted by molar-refractivity contribution is 5.74. The molecule has 138 valence electrons. The minimum Gasteiger partial charge on any atom is -0.486 e. The molecule has 1 aliphatic rings. The lowest BCUT2D eigenvalue weighted by molar-refractivity contribution is 0.171. The van der Waals surface area contributed by atoms with Crippen LogP contribution in [0.25, 0.3) is 0 Å². The van der Waals surface area contributed by atoms with Crippen molar-refractivity contribution in [3.05, 3.63) is 58.9 Å². The third kappa shape index (κ3) is 4.25. The van der Waals surface area contributed by atoms with Crippen LogP contribution in [-0.2, 0) is 13.1 Å². The summed E-state index contributed by atoms with van der Waals surface area (Å²) in [6.45, 7) is 6.02. The Morgan fingerprint density at radius 3 is 2.58 bits per heavy atom. The van der Waals surface area contributed by atoms with E-state index >= 15 is 0 Å². The van der Waals surface area contributed by atoms with Gasteiger partial charge in [-0.3, -0.25) is 0 Å². The fraction of sp³-hybridized carbons (Fsp3) is 0.350. The van der Waals surface area contributed by atoms with Gasteiger partial charge >= 0.3 is 6.03 Å². The van der Waals surface area contributed by atoms with Crippen molar-refractivity contribution < 1.29 is 18.7 Å². The number of benzene rings is 2. The van der Waals surface area contributed by atoms with Crippen LogP contribution in [0.15, 0.2) is 36.4 Å². The van der Waals surface area contributed by atoms with Gasteiger partial charge in [0.15, 0.2) is 11.5 Å². The summed E-state index contributed by atoms with van der Waals surface area (Å²) in [5, 5.41) is 2.84. The van der Waals surface area contributed by atoms with Crippen molar-refractivity contribution in [3.8, 4) is 11.5 Å². The molecule has 2 amide bonds. The number of carbonyl (C=O) groups excluding carboxylic acids is 1. The summed E-state index contributed by atoms with van der Waals surface area (Å²) < 4.78 is 24.7. The van der Waals surface area contributed by atoms with Crippen LogP contribution in [-0.4, -0.2) is 30.7 Å². The highest BCUT2D eigenvalue weighted by atomic mass is 19.1. The first-order chi connectivity index (χ1) is 12.6. The molecule has 0 atom stereocenters. The fourth-order valence-electron chi connectivity index (χ4n) is 2.77. The Hall–Kier alpha value is -2.76. The lowest BCUT2D eigenvalue weighted by Gasteiger charge is -2.23. The zero-order chi connectivity index (χ0) is 18.5. The third-order valence-electron chi connectivity index (χ3n) is 4.33. The lowest BCUT2D eigenvalue weighted by atomic mass is 10.1. The molecule has 1 aliphatic heterocycles. The Morgan fingerprint density at radius 2 is 1.85 bits per heavy atom. The van der Waals surface area contributed by atoms with Gasteiger partial charge in [-0.25, -0.2) is 9.18 Å². The highest BCUT2D eigenvalue weighted by Crippen LogP contribution is 2.31. The molecule has 1 N–H and O–H groups in total. The van der Waals surface area contributed by atoms with Gasteiger partial charge < -0.3 is 19.7 Å². The second kappa shape index (κ2) is 8.08. The van der Waals surface area contributed by atoms with Gasteiger partial charge in [-0.1, -0.05) is 18.2 Å². The van der Waals surface area contributed by atoms with E-state index in [0.717, 1.165) is 16.9 Å². The number of amides is 2. The molecular weight excluding hydrogens is 335 g/mol. The molecule has 0 saturated heterocycles. The van der Waals surface area contributed by atoms with E-state index in [-0.39, 0.29) is 18.4 Å². The summed E-state index contributed by atoms with van der Waals surface area (Å²) in [5.74, 6) is 1.18. The molecule has 0 unspecified atom stereocenters. The summed E-state index contributed by atoms with van der Waals surface area (Å²) in [6.07, 6.45) is 0. The predicted molar refractivity (Wildman–Crippen MR) is 96.9 cm³/mol. The van der Waals surface area contributed by atoms with E-state index in [1.165, 1.54) is 6.07 Å². The van der Waals surface area contributed by atoms with Crippen molar-refractivity contribution in [2.24, 2.45) is 0 Å². The first-order valence-electron chi connectivity index (χ1n) is 8.73. The maximum absolute atomic E-state index is 13.6. The van der Waals surface area contributed by atoms with Gasteiger partial charge in [0.25, 0.3) is 0 Å². The number of rotatable bonds is 5. The number of hydrogen-bond donors (Lipinski definition) is 1. The second-order valence-corrected chi connectivity index (χ2v) is 6.23. The Kier molecular flexibility index (Phi) is 5.61. The largest absolute Gasteiger partial charge is 0.486 e. The molecule has 26 heavy (non-hydrogen) atoms. The van der Waals surface area contributed by atoms with Crippen LogP contribution >= 0.6 is 0 Å².